The molecular weight excluding hydrogens is 118 g/mol. The third-order valence-electron chi connectivity index (χ3n) is 0.940. The molecule has 0 radical (unpaired) electrons. The van der Waals surface area contributed by atoms with Crippen LogP contribution in [-0.4, -0.2) is 67.8 Å². The van der Waals surface area contributed by atoms with Crippen LogP contribution in [0.3, 0.4) is 0 Å². The van der Waals surface area contributed by atoms with Crippen molar-refractivity contribution < 1.29 is 0 Å². The molecule has 0 nitrogen and oxygen atoms in total. The van der Waals surface area contributed by atoms with E-state index in [-0.39, 0.29) is 18.9 Å². The van der Waals surface area contributed by atoms with E-state index in [1.54, 1.807) is 0 Å². The van der Waals surface area contributed by atoms with Crippen LogP contribution in [0, 0.1) is 0 Å². The molecular formula is C6H6KLi. The number of benzene rings is 1. The van der Waals surface area contributed by atoms with Crippen molar-refractivity contribution >= 4 is 67.5 Å². The van der Waals surface area contributed by atoms with E-state index < -0.39 is 0 Å². The molecule has 1 aromatic rings. The van der Waals surface area contributed by atoms with Crippen LogP contribution >= 0.6 is 0 Å². The van der Waals surface area contributed by atoms with Gasteiger partial charge in [0.15, 0.2) is 0 Å². The van der Waals surface area contributed by atoms with Gasteiger partial charge in [0.25, 0.3) is 0 Å². The number of hydrogen-bond acceptors (Lipinski definition) is 0. The van der Waals surface area contributed by atoms with E-state index in [0.717, 1.165) is 49.0 Å². The topological polar surface area (TPSA) is 0 Å². The molecule has 0 heterocycles. The minimum atomic E-state index is 0. The average molecular weight is 124 g/mol. The van der Waals surface area contributed by atoms with E-state index in [1.165, 1.54) is -0.342 Å². The third-order valence-corrected chi connectivity index (χ3v) is 1.98. The monoisotopic (exact) mass is 124 g/mol. The van der Waals surface area contributed by atoms with E-state index in [9.17, 15) is 0 Å². The fourth-order valence-corrected chi connectivity index (χ4v) is 1.14. The van der Waals surface area contributed by atoms with Crippen molar-refractivity contribution in [1.29, 1.82) is 0 Å². The molecule has 1 aromatic carbocycles. The quantitative estimate of drug-likeness (QED) is 0.421. The van der Waals surface area contributed by atoms with Gasteiger partial charge in [0, 0.05) is 0 Å². The molecule has 2 heteroatoms. The van der Waals surface area contributed by atoms with Gasteiger partial charge in [-0.3, -0.25) is 0 Å². The Bertz CT molecular complexity index is 138. The van der Waals surface area contributed by atoms with Crippen molar-refractivity contribution in [2.45, 2.75) is 0 Å². The van der Waals surface area contributed by atoms with Gasteiger partial charge in [0.1, 0.15) is 0 Å². The van der Waals surface area contributed by atoms with Crippen molar-refractivity contribution in [1.82, 2.24) is 0 Å². The van der Waals surface area contributed by atoms with Gasteiger partial charge in [-0.15, -0.1) is 0 Å². The first-order valence-electron chi connectivity index (χ1n) is 2.41. The first-order chi connectivity index (χ1) is 3.39. The van der Waals surface area contributed by atoms with Crippen LogP contribution < -0.4 is -0.342 Å². The number of rotatable bonds is 0. The Balaban J connectivity index is 0.000000490. The third kappa shape index (κ3) is 3.47. The molecule has 0 fully saturated rings. The van der Waals surface area contributed by atoms with E-state index in [2.05, 4.69) is 30.3 Å². The second-order valence-electron chi connectivity index (χ2n) is 1.65. The Labute approximate surface area is 95.8 Å². The summed E-state index contributed by atoms with van der Waals surface area (Å²) < 4.78 is 1.51. The first-order valence-corrected chi connectivity index (χ1v) is 3.97. The molecule has 0 spiro atoms. The van der Waals surface area contributed by atoms with Crippen LogP contribution in [0.4, 0.5) is 0 Å². The van der Waals surface area contributed by atoms with Crippen LogP contribution in [0.2, 0.25) is 0 Å². The standard InChI is InChI=1S/C6H5.K.Li.H/c1-2-4-6-5-3-1;;;/h1-5H;;;. The molecule has 0 aliphatic rings. The zero-order chi connectivity index (χ0) is 5.11. The van der Waals surface area contributed by atoms with Crippen LogP contribution in [0.25, 0.3) is 0 Å². The summed E-state index contributed by atoms with van der Waals surface area (Å²) >= 11 is 0.855. The van der Waals surface area contributed by atoms with Gasteiger partial charge in [-0.05, 0) is 0 Å². The van der Waals surface area contributed by atoms with E-state index in [4.69, 9.17) is 0 Å². The zero-order valence-electron chi connectivity index (χ0n) is 4.39. The van der Waals surface area contributed by atoms with Gasteiger partial charge in [-0.25, -0.2) is 0 Å². The van der Waals surface area contributed by atoms with Gasteiger partial charge < -0.3 is 0 Å². The van der Waals surface area contributed by atoms with Crippen LogP contribution in [-0.2, 0) is 0 Å². The predicted molar refractivity (Wildman–Crippen MR) is 39.0 cm³/mol. The molecule has 0 aromatic heterocycles. The summed E-state index contributed by atoms with van der Waals surface area (Å²) in [6.07, 6.45) is 0. The predicted octanol–water partition coefficient (Wildman–Crippen LogP) is -0.168. The fourth-order valence-electron chi connectivity index (χ4n) is 0.534. The molecule has 0 bridgehead atoms. The maximum absolute atomic E-state index is 2.17. The van der Waals surface area contributed by atoms with E-state index in [1.807, 2.05) is 0 Å². The van der Waals surface area contributed by atoms with Crippen molar-refractivity contribution in [2.75, 3.05) is 0 Å². The van der Waals surface area contributed by atoms with Crippen LogP contribution in [0.15, 0.2) is 30.3 Å². The van der Waals surface area contributed by atoms with Gasteiger partial charge in [0.2, 0.25) is 0 Å². The van der Waals surface area contributed by atoms with E-state index >= 15 is 0 Å². The molecule has 0 saturated carbocycles. The average Bonchev–Trinajstić information content (AvgIpc) is 1.69. The van der Waals surface area contributed by atoms with Crippen molar-refractivity contribution in [2.24, 2.45) is 0 Å². The molecule has 0 aliphatic heterocycles. The van der Waals surface area contributed by atoms with Crippen LogP contribution in [0.5, 0.6) is 0 Å². The summed E-state index contributed by atoms with van der Waals surface area (Å²) in [6.45, 7) is 0. The van der Waals surface area contributed by atoms with Crippen molar-refractivity contribution in [3.05, 3.63) is 30.3 Å². The summed E-state index contributed by atoms with van der Waals surface area (Å²) in [5.74, 6) is 0. The minimum absolute atomic E-state index is 0. The Kier molecular flexibility index (Phi) is 6.21. The molecule has 1 rings (SSSR count). The molecule has 0 unspecified atom stereocenters. The SMILES string of the molecule is [K][c]1ccccc1.[LiH]. The Morgan fingerprint density at radius 1 is 1.00 bits per heavy atom. The van der Waals surface area contributed by atoms with Gasteiger partial charge in [-0.1, -0.05) is 0 Å². The molecule has 0 atom stereocenters. The molecule has 8 heavy (non-hydrogen) atoms. The Hall–Kier alpha value is 1.45. The molecule has 0 aliphatic carbocycles. The van der Waals surface area contributed by atoms with Crippen molar-refractivity contribution in [3.63, 3.8) is 0 Å². The first kappa shape index (κ1) is 9.45. The van der Waals surface area contributed by atoms with E-state index in [0.29, 0.717) is 0 Å². The summed E-state index contributed by atoms with van der Waals surface area (Å²) in [5.41, 5.74) is 0. The summed E-state index contributed by atoms with van der Waals surface area (Å²) in [6, 6.07) is 10.6. The molecule has 32 valence electrons. The fraction of sp³-hybridized carbons (Fsp3) is 0. The number of hydrogen-bond donors (Lipinski definition) is 0. The molecule has 0 N–H and O–H groups in total. The Morgan fingerprint density at radius 2 is 1.50 bits per heavy atom. The second kappa shape index (κ2) is 5.26. The van der Waals surface area contributed by atoms with Gasteiger partial charge in [-0.2, -0.15) is 0 Å². The summed E-state index contributed by atoms with van der Waals surface area (Å²) in [5, 5.41) is 0. The van der Waals surface area contributed by atoms with Crippen LogP contribution in [0.1, 0.15) is 0 Å². The zero-order valence-corrected chi connectivity index (χ0v) is 7.51. The second-order valence-corrected chi connectivity index (χ2v) is 3.46. The Morgan fingerprint density at radius 3 is 1.75 bits per heavy atom. The van der Waals surface area contributed by atoms with Gasteiger partial charge >= 0.3 is 97.8 Å². The summed E-state index contributed by atoms with van der Waals surface area (Å²) in [7, 11) is 0. The normalized spacial score (nSPS) is 7.75. The maximum atomic E-state index is 2.17. The molecule has 0 saturated heterocycles. The van der Waals surface area contributed by atoms with Gasteiger partial charge in [0.05, 0.1) is 0 Å². The summed E-state index contributed by atoms with van der Waals surface area (Å²) in [4.78, 5) is 0. The molecule has 0 amide bonds. The van der Waals surface area contributed by atoms with Crippen molar-refractivity contribution in [3.8, 4) is 0 Å².